The third-order valence-electron chi connectivity index (χ3n) is 6.45. The number of carbonyl (C=O) groups excluding carboxylic acids is 3. The van der Waals surface area contributed by atoms with E-state index in [4.69, 9.17) is 14.2 Å². The molecule has 0 amide bonds. The van der Waals surface area contributed by atoms with Gasteiger partial charge in [0.25, 0.3) is 0 Å². The summed E-state index contributed by atoms with van der Waals surface area (Å²) in [6.45, 7) is 6.85. The normalized spacial score (nSPS) is 11.0. The Morgan fingerprint density at radius 1 is 0.581 bits per heavy atom. The number of hydrogen-bond acceptors (Lipinski definition) is 7. The Morgan fingerprint density at radius 3 is 1.44 bits per heavy atom. The van der Waals surface area contributed by atoms with Gasteiger partial charge in [0.2, 0.25) is 0 Å². The highest BCUT2D eigenvalue weighted by molar-refractivity contribution is 6.03. The summed E-state index contributed by atoms with van der Waals surface area (Å²) in [5, 5.41) is 9.20. The smallest absolute Gasteiger partial charge is 0.339 e. The van der Waals surface area contributed by atoms with Gasteiger partial charge in [-0.25, -0.2) is 19.2 Å². The van der Waals surface area contributed by atoms with E-state index in [1.807, 2.05) is 44.2 Å². The van der Waals surface area contributed by atoms with Crippen LogP contribution >= 0.6 is 0 Å². The summed E-state index contributed by atoms with van der Waals surface area (Å²) in [5.41, 5.74) is 1.49. The molecule has 0 saturated carbocycles. The molecule has 3 rings (SSSR count). The second-order valence-electron chi connectivity index (χ2n) is 9.82. The van der Waals surface area contributed by atoms with Crippen LogP contribution in [-0.2, 0) is 14.2 Å². The van der Waals surface area contributed by atoms with Crippen molar-refractivity contribution in [1.29, 1.82) is 0 Å². The Hall–Kier alpha value is -4.46. The fraction of sp³-hybridized carbons (Fsp3) is 0.371. The van der Waals surface area contributed by atoms with Crippen LogP contribution in [0.4, 0.5) is 0 Å². The highest BCUT2D eigenvalue weighted by atomic mass is 16.5. The predicted octanol–water partition coefficient (Wildman–Crippen LogP) is 8.07. The highest BCUT2D eigenvalue weighted by Gasteiger charge is 2.22. The number of esters is 3. The van der Waals surface area contributed by atoms with E-state index in [0.29, 0.717) is 19.6 Å². The minimum absolute atomic E-state index is 0.0418. The van der Waals surface area contributed by atoms with E-state index in [2.05, 4.69) is 6.92 Å². The Balaban J connectivity index is 0.000000304. The molecule has 3 aromatic rings. The van der Waals surface area contributed by atoms with E-state index in [1.165, 1.54) is 12.1 Å². The van der Waals surface area contributed by atoms with Gasteiger partial charge in [-0.3, -0.25) is 0 Å². The molecule has 0 heterocycles. The summed E-state index contributed by atoms with van der Waals surface area (Å²) in [4.78, 5) is 47.6. The Morgan fingerprint density at radius 2 is 1.00 bits per heavy atom. The van der Waals surface area contributed by atoms with Crippen molar-refractivity contribution in [2.24, 2.45) is 0 Å². The third kappa shape index (κ3) is 11.7. The topological polar surface area (TPSA) is 116 Å². The average molecular weight is 591 g/mol. The molecule has 8 heteroatoms. The zero-order valence-corrected chi connectivity index (χ0v) is 25.3. The molecule has 0 aromatic heterocycles. The maximum atomic E-state index is 12.4. The van der Waals surface area contributed by atoms with Crippen molar-refractivity contribution < 1.29 is 38.5 Å². The molecule has 230 valence electrons. The van der Waals surface area contributed by atoms with Gasteiger partial charge >= 0.3 is 23.9 Å². The van der Waals surface area contributed by atoms with Crippen LogP contribution in [-0.4, -0.2) is 42.2 Å². The van der Waals surface area contributed by atoms with Crippen LogP contribution < -0.4 is 0 Å². The van der Waals surface area contributed by atoms with Gasteiger partial charge < -0.3 is 19.3 Å². The largest absolute Gasteiger partial charge is 0.478 e. The van der Waals surface area contributed by atoms with Crippen LogP contribution in [0.15, 0.2) is 78.9 Å². The predicted molar refractivity (Wildman–Crippen MR) is 164 cm³/mol. The fourth-order valence-corrected chi connectivity index (χ4v) is 4.00. The van der Waals surface area contributed by atoms with Gasteiger partial charge in [-0.15, -0.1) is 0 Å². The van der Waals surface area contributed by atoms with Crippen LogP contribution in [0.1, 0.15) is 119 Å². The molecule has 43 heavy (non-hydrogen) atoms. The van der Waals surface area contributed by atoms with Crippen molar-refractivity contribution in [3.63, 3.8) is 0 Å². The van der Waals surface area contributed by atoms with Crippen LogP contribution in [0.5, 0.6) is 0 Å². The summed E-state index contributed by atoms with van der Waals surface area (Å²) in [7, 11) is 0. The van der Waals surface area contributed by atoms with E-state index in [-0.39, 0.29) is 28.4 Å². The summed E-state index contributed by atoms with van der Waals surface area (Å²) >= 11 is 0. The van der Waals surface area contributed by atoms with E-state index in [1.54, 1.807) is 36.4 Å². The number of carboxylic acids is 1. The van der Waals surface area contributed by atoms with Crippen LogP contribution in [0, 0.1) is 0 Å². The average Bonchev–Trinajstić information content (AvgIpc) is 3.03. The van der Waals surface area contributed by atoms with Gasteiger partial charge in [0.15, 0.2) is 0 Å². The number of unbranched alkanes of at least 4 members (excludes halogenated alkanes) is 3. The van der Waals surface area contributed by atoms with Gasteiger partial charge in [0.1, 0.15) is 6.10 Å². The Bertz CT molecular complexity index is 1260. The standard InChI is InChI=1S/C19H20O4.C16H22O4/c1-2-3-13-17(14-9-5-4-6-10-14)23-19(22)16-12-8-7-11-15(16)18(20)21;1-3-5-11-19-15(17)13-9-7-8-10-14(13)16(18)20-12-6-4-2/h4-12,17H,2-3,13H2,1H3,(H,20,21);7-10H,3-6,11-12H2,1-2H3. The molecule has 0 aliphatic rings. The van der Waals surface area contributed by atoms with E-state index in [9.17, 15) is 24.3 Å². The zero-order chi connectivity index (χ0) is 31.5. The van der Waals surface area contributed by atoms with Crippen LogP contribution in [0.2, 0.25) is 0 Å². The summed E-state index contributed by atoms with van der Waals surface area (Å²) < 4.78 is 15.9. The SMILES string of the molecule is CCCCC(OC(=O)c1ccccc1C(=O)O)c1ccccc1.CCCCOC(=O)c1ccccc1C(=O)OCCCC. The quantitative estimate of drug-likeness (QED) is 0.107. The van der Waals surface area contributed by atoms with Crippen molar-refractivity contribution >= 4 is 23.9 Å². The molecule has 0 aliphatic carbocycles. The third-order valence-corrected chi connectivity index (χ3v) is 6.45. The number of carboxylic acid groups (broad SMARTS) is 1. The lowest BCUT2D eigenvalue weighted by Crippen LogP contribution is -2.15. The van der Waals surface area contributed by atoms with Crippen molar-refractivity contribution in [3.05, 3.63) is 107 Å². The van der Waals surface area contributed by atoms with Gasteiger partial charge in [-0.2, -0.15) is 0 Å². The molecule has 8 nitrogen and oxygen atoms in total. The molecule has 1 N–H and O–H groups in total. The monoisotopic (exact) mass is 590 g/mol. The van der Waals surface area contributed by atoms with Gasteiger partial charge in [-0.1, -0.05) is 94.6 Å². The first kappa shape index (κ1) is 34.7. The van der Waals surface area contributed by atoms with Gasteiger partial charge in [-0.05, 0) is 55.5 Å². The number of carbonyl (C=O) groups is 4. The van der Waals surface area contributed by atoms with Gasteiger partial charge in [0.05, 0.1) is 35.5 Å². The molecule has 0 fully saturated rings. The first-order chi connectivity index (χ1) is 20.8. The highest BCUT2D eigenvalue weighted by Crippen LogP contribution is 2.25. The first-order valence-corrected chi connectivity index (χ1v) is 14.8. The molecule has 1 atom stereocenters. The lowest BCUT2D eigenvalue weighted by atomic mass is 10.0. The second-order valence-corrected chi connectivity index (χ2v) is 9.82. The van der Waals surface area contributed by atoms with Gasteiger partial charge in [0, 0.05) is 0 Å². The van der Waals surface area contributed by atoms with E-state index in [0.717, 1.165) is 44.1 Å². The van der Waals surface area contributed by atoms with Crippen molar-refractivity contribution in [3.8, 4) is 0 Å². The molecule has 3 aromatic carbocycles. The lowest BCUT2D eigenvalue weighted by Gasteiger charge is -2.18. The summed E-state index contributed by atoms with van der Waals surface area (Å²) in [6, 6.07) is 22.2. The maximum absolute atomic E-state index is 12.4. The fourth-order valence-electron chi connectivity index (χ4n) is 4.00. The molecule has 0 saturated heterocycles. The van der Waals surface area contributed by atoms with Crippen molar-refractivity contribution in [2.75, 3.05) is 13.2 Å². The number of hydrogen-bond donors (Lipinski definition) is 1. The summed E-state index contributed by atoms with van der Waals surface area (Å²) in [5.74, 6) is -2.68. The lowest BCUT2D eigenvalue weighted by molar-refractivity contribution is 0.0266. The zero-order valence-electron chi connectivity index (χ0n) is 25.3. The van der Waals surface area contributed by atoms with Crippen molar-refractivity contribution in [2.45, 2.75) is 71.8 Å². The molecule has 0 spiro atoms. The number of ether oxygens (including phenoxy) is 3. The first-order valence-electron chi connectivity index (χ1n) is 14.8. The molecular weight excluding hydrogens is 548 g/mol. The number of benzene rings is 3. The molecule has 0 radical (unpaired) electrons. The Kier molecular flexibility index (Phi) is 15.9. The van der Waals surface area contributed by atoms with E-state index >= 15 is 0 Å². The Labute approximate surface area is 254 Å². The minimum Gasteiger partial charge on any atom is -0.478 e. The minimum atomic E-state index is -1.14. The number of aromatic carboxylic acids is 1. The van der Waals surface area contributed by atoms with Crippen LogP contribution in [0.3, 0.4) is 0 Å². The number of rotatable bonds is 15. The molecule has 1 unspecified atom stereocenters. The maximum Gasteiger partial charge on any atom is 0.339 e. The molecule has 0 aliphatic heterocycles. The van der Waals surface area contributed by atoms with E-state index < -0.39 is 23.9 Å². The van der Waals surface area contributed by atoms with Crippen molar-refractivity contribution in [1.82, 2.24) is 0 Å². The summed E-state index contributed by atoms with van der Waals surface area (Å²) in [6.07, 6.45) is 5.79. The molecular formula is C35H42O8. The second kappa shape index (κ2) is 19.6. The molecule has 0 bridgehead atoms. The van der Waals surface area contributed by atoms with Crippen LogP contribution in [0.25, 0.3) is 0 Å².